The molecule has 6 nitrogen and oxygen atoms in total. The number of aromatic hydroxyl groups is 1. The van der Waals surface area contributed by atoms with Crippen molar-refractivity contribution in [2.45, 2.75) is 6.92 Å². The number of nitrogen functional groups attached to an aromatic ring is 2. The Bertz CT molecular complexity index is 976. The monoisotopic (exact) mass is 317 g/mol. The molecule has 0 fully saturated rings. The van der Waals surface area contributed by atoms with E-state index in [1.54, 1.807) is 42.5 Å². The smallest absolute Gasteiger partial charge is 0.165 e. The van der Waals surface area contributed by atoms with E-state index in [9.17, 15) is 10.4 Å². The number of nitrogens with two attached hydrogens (primary N) is 2. The average molecular weight is 317 g/mol. The van der Waals surface area contributed by atoms with Crippen molar-refractivity contribution in [3.8, 4) is 34.5 Å². The molecule has 0 saturated carbocycles. The van der Waals surface area contributed by atoms with E-state index in [4.69, 9.17) is 11.5 Å². The van der Waals surface area contributed by atoms with E-state index in [-0.39, 0.29) is 23.0 Å². The van der Waals surface area contributed by atoms with Crippen LogP contribution in [0, 0.1) is 18.3 Å². The van der Waals surface area contributed by atoms with Crippen LogP contribution >= 0.6 is 0 Å². The molecule has 118 valence electrons. The number of nitriles is 1. The Labute approximate surface area is 139 Å². The lowest BCUT2D eigenvalue weighted by Gasteiger charge is -2.11. The second kappa shape index (κ2) is 5.89. The summed E-state index contributed by atoms with van der Waals surface area (Å²) in [6.07, 6.45) is 0. The van der Waals surface area contributed by atoms with Gasteiger partial charge in [-0.05, 0) is 31.2 Å². The van der Waals surface area contributed by atoms with E-state index in [1.807, 2.05) is 13.0 Å². The molecule has 3 aromatic rings. The molecule has 0 aliphatic rings. The van der Waals surface area contributed by atoms with Crippen molar-refractivity contribution in [3.63, 3.8) is 0 Å². The number of aromatic nitrogens is 2. The van der Waals surface area contributed by atoms with E-state index in [0.717, 1.165) is 5.56 Å². The summed E-state index contributed by atoms with van der Waals surface area (Å²) in [5, 5.41) is 19.5. The molecule has 0 spiro atoms. The van der Waals surface area contributed by atoms with E-state index >= 15 is 0 Å². The third-order valence-electron chi connectivity index (χ3n) is 3.60. The fourth-order valence-corrected chi connectivity index (χ4v) is 2.43. The molecule has 0 aliphatic carbocycles. The Hall–Kier alpha value is -3.59. The highest BCUT2D eigenvalue weighted by molar-refractivity contribution is 5.77. The molecule has 0 radical (unpaired) electrons. The van der Waals surface area contributed by atoms with Gasteiger partial charge in [-0.15, -0.1) is 0 Å². The summed E-state index contributed by atoms with van der Waals surface area (Å²) in [5.41, 5.74) is 14.9. The first kappa shape index (κ1) is 15.3. The molecule has 1 aromatic heterocycles. The number of nitrogens with zero attached hydrogens (tertiary/aromatic N) is 3. The third kappa shape index (κ3) is 2.71. The summed E-state index contributed by atoms with van der Waals surface area (Å²) in [6.45, 7) is 1.90. The van der Waals surface area contributed by atoms with Crippen LogP contribution in [0.2, 0.25) is 0 Å². The molecule has 5 N–H and O–H groups in total. The lowest BCUT2D eigenvalue weighted by atomic mass is 10.0. The second-order valence-corrected chi connectivity index (χ2v) is 5.41. The van der Waals surface area contributed by atoms with Crippen LogP contribution in [0.15, 0.2) is 42.5 Å². The van der Waals surface area contributed by atoms with Crippen LogP contribution in [0.4, 0.5) is 11.5 Å². The number of aryl methyl sites for hydroxylation is 1. The molecule has 6 heteroatoms. The highest BCUT2D eigenvalue weighted by atomic mass is 16.3. The van der Waals surface area contributed by atoms with Crippen molar-refractivity contribution in [2.75, 3.05) is 11.5 Å². The number of phenols is 1. The van der Waals surface area contributed by atoms with Gasteiger partial charge in [-0.25, -0.2) is 9.97 Å². The second-order valence-electron chi connectivity index (χ2n) is 5.41. The van der Waals surface area contributed by atoms with Gasteiger partial charge in [0.05, 0.1) is 11.3 Å². The quantitative estimate of drug-likeness (QED) is 0.625. The maximum absolute atomic E-state index is 10.1. The van der Waals surface area contributed by atoms with E-state index in [0.29, 0.717) is 22.5 Å². The minimum Gasteiger partial charge on any atom is -0.507 e. The predicted molar refractivity (Wildman–Crippen MR) is 92.8 cm³/mol. The van der Waals surface area contributed by atoms with Gasteiger partial charge in [-0.3, -0.25) is 0 Å². The molecule has 0 atom stereocenters. The summed E-state index contributed by atoms with van der Waals surface area (Å²) in [6, 6.07) is 14.2. The molecular weight excluding hydrogens is 302 g/mol. The van der Waals surface area contributed by atoms with E-state index < -0.39 is 0 Å². The van der Waals surface area contributed by atoms with Crippen molar-refractivity contribution in [2.24, 2.45) is 0 Å². The number of hydrogen-bond donors (Lipinski definition) is 3. The minimum absolute atomic E-state index is 0.0447. The zero-order valence-electron chi connectivity index (χ0n) is 13.0. The summed E-state index contributed by atoms with van der Waals surface area (Å²) in [4.78, 5) is 8.64. The SMILES string of the molecule is Cc1ccc(O)c(-c2nc(N)c(C#N)c(-c3cccc(N)c3)n2)c1. The van der Waals surface area contributed by atoms with Gasteiger partial charge >= 0.3 is 0 Å². The minimum atomic E-state index is 0.0447. The summed E-state index contributed by atoms with van der Waals surface area (Å²) in [5.74, 6) is 0.356. The van der Waals surface area contributed by atoms with Gasteiger partial charge in [0.1, 0.15) is 23.2 Å². The Kier molecular flexibility index (Phi) is 3.76. The van der Waals surface area contributed by atoms with Gasteiger partial charge in [0, 0.05) is 11.3 Å². The largest absolute Gasteiger partial charge is 0.507 e. The first-order chi connectivity index (χ1) is 11.5. The van der Waals surface area contributed by atoms with Crippen molar-refractivity contribution < 1.29 is 5.11 Å². The normalized spacial score (nSPS) is 10.3. The lowest BCUT2D eigenvalue weighted by molar-refractivity contribution is 0.477. The fraction of sp³-hybridized carbons (Fsp3) is 0.0556. The molecule has 0 bridgehead atoms. The van der Waals surface area contributed by atoms with Crippen molar-refractivity contribution in [1.82, 2.24) is 9.97 Å². The topological polar surface area (TPSA) is 122 Å². The number of phenolic OH excluding ortho intramolecular Hbond substituents is 1. The summed E-state index contributed by atoms with van der Waals surface area (Å²) in [7, 11) is 0. The van der Waals surface area contributed by atoms with Gasteiger partial charge in [-0.2, -0.15) is 5.26 Å². The number of anilines is 2. The average Bonchev–Trinajstić information content (AvgIpc) is 2.56. The fourth-order valence-electron chi connectivity index (χ4n) is 2.43. The number of hydrogen-bond acceptors (Lipinski definition) is 6. The standard InChI is InChI=1S/C18H15N5O/c1-10-5-6-15(24)13(7-10)18-22-16(14(9-19)17(21)23-18)11-3-2-4-12(20)8-11/h2-8,24H,20H2,1H3,(H2,21,22,23). The summed E-state index contributed by atoms with van der Waals surface area (Å²) < 4.78 is 0. The highest BCUT2D eigenvalue weighted by Crippen LogP contribution is 2.32. The Balaban J connectivity index is 2.28. The van der Waals surface area contributed by atoms with Crippen molar-refractivity contribution in [3.05, 3.63) is 53.6 Å². The van der Waals surface area contributed by atoms with Gasteiger partial charge in [0.25, 0.3) is 0 Å². The Morgan fingerprint density at radius 1 is 1.08 bits per heavy atom. The lowest BCUT2D eigenvalue weighted by Crippen LogP contribution is -2.03. The van der Waals surface area contributed by atoms with Gasteiger partial charge in [0.2, 0.25) is 0 Å². The molecule has 3 rings (SSSR count). The first-order valence-electron chi connectivity index (χ1n) is 7.23. The predicted octanol–water partition coefficient (Wildman–Crippen LogP) is 2.86. The Morgan fingerprint density at radius 2 is 1.88 bits per heavy atom. The van der Waals surface area contributed by atoms with Gasteiger partial charge in [0.15, 0.2) is 5.82 Å². The van der Waals surface area contributed by atoms with Crippen LogP contribution in [0.1, 0.15) is 11.1 Å². The van der Waals surface area contributed by atoms with Crippen LogP contribution in [-0.4, -0.2) is 15.1 Å². The zero-order chi connectivity index (χ0) is 17.3. The van der Waals surface area contributed by atoms with Crippen LogP contribution in [0.25, 0.3) is 22.6 Å². The maximum atomic E-state index is 10.1. The Morgan fingerprint density at radius 3 is 2.58 bits per heavy atom. The van der Waals surface area contributed by atoms with Gasteiger partial charge in [-0.1, -0.05) is 23.8 Å². The zero-order valence-corrected chi connectivity index (χ0v) is 13.0. The highest BCUT2D eigenvalue weighted by Gasteiger charge is 2.17. The van der Waals surface area contributed by atoms with Crippen molar-refractivity contribution in [1.29, 1.82) is 5.26 Å². The van der Waals surface area contributed by atoms with Crippen molar-refractivity contribution >= 4 is 11.5 Å². The number of benzene rings is 2. The molecule has 2 aromatic carbocycles. The third-order valence-corrected chi connectivity index (χ3v) is 3.60. The number of rotatable bonds is 2. The molecule has 0 saturated heterocycles. The molecular formula is C18H15N5O. The molecule has 0 unspecified atom stereocenters. The van der Waals surface area contributed by atoms with Crippen LogP contribution in [0.5, 0.6) is 5.75 Å². The van der Waals surface area contributed by atoms with Gasteiger partial charge < -0.3 is 16.6 Å². The summed E-state index contributed by atoms with van der Waals surface area (Å²) >= 11 is 0. The first-order valence-corrected chi connectivity index (χ1v) is 7.23. The molecule has 1 heterocycles. The maximum Gasteiger partial charge on any atom is 0.165 e. The molecule has 24 heavy (non-hydrogen) atoms. The van der Waals surface area contributed by atoms with E-state index in [2.05, 4.69) is 9.97 Å². The van der Waals surface area contributed by atoms with E-state index in [1.165, 1.54) is 0 Å². The van der Waals surface area contributed by atoms with Crippen LogP contribution in [-0.2, 0) is 0 Å². The molecule has 0 amide bonds. The van der Waals surface area contributed by atoms with Crippen LogP contribution in [0.3, 0.4) is 0 Å². The van der Waals surface area contributed by atoms with Crippen LogP contribution < -0.4 is 11.5 Å². The molecule has 0 aliphatic heterocycles.